The first-order valence-corrected chi connectivity index (χ1v) is 10.4. The lowest BCUT2D eigenvalue weighted by molar-refractivity contribution is -0.150. The predicted octanol–water partition coefficient (Wildman–Crippen LogP) is 2.78. The molecule has 1 aromatic carbocycles. The van der Waals surface area contributed by atoms with E-state index in [1.165, 1.54) is 12.5 Å². The Labute approximate surface area is 170 Å². The SMILES string of the molecule is CCOC(=O)CN(C(C)=O)[C@H]1C[C@H]2CC[C@@H](C1)N2Cc1c[nH]c2cc(O)ccc12. The first kappa shape index (κ1) is 19.8. The zero-order chi connectivity index (χ0) is 20.5. The fourth-order valence-corrected chi connectivity index (χ4v) is 5.10. The van der Waals surface area contributed by atoms with Gasteiger partial charge in [-0.2, -0.15) is 0 Å². The standard InChI is InChI=1S/C22H29N3O4/c1-3-29-22(28)13-24(14(2)26)18-8-16-4-5-17(9-18)25(16)12-15-11-23-21-10-19(27)6-7-20(15)21/h6-7,10-11,16-18,23,27H,3-5,8-9,12-13H2,1-2H3/t16-,17+,18+. The van der Waals surface area contributed by atoms with Gasteiger partial charge < -0.3 is 19.7 Å². The van der Waals surface area contributed by atoms with Gasteiger partial charge in [0.05, 0.1) is 6.61 Å². The maximum absolute atomic E-state index is 12.2. The summed E-state index contributed by atoms with van der Waals surface area (Å²) < 4.78 is 5.06. The Morgan fingerprint density at radius 3 is 2.66 bits per heavy atom. The number of rotatable bonds is 6. The van der Waals surface area contributed by atoms with Crippen LogP contribution in [0.15, 0.2) is 24.4 Å². The van der Waals surface area contributed by atoms with Crippen LogP contribution in [0.4, 0.5) is 0 Å². The number of phenols is 1. The highest BCUT2D eigenvalue weighted by molar-refractivity contribution is 5.84. The van der Waals surface area contributed by atoms with E-state index in [1.54, 1.807) is 24.0 Å². The normalized spacial score (nSPS) is 24.0. The minimum absolute atomic E-state index is 0.0409. The maximum atomic E-state index is 12.2. The number of ether oxygens (including phenoxy) is 1. The van der Waals surface area contributed by atoms with Gasteiger partial charge in [0.1, 0.15) is 12.3 Å². The van der Waals surface area contributed by atoms with Crippen molar-refractivity contribution in [2.75, 3.05) is 13.2 Å². The Bertz CT molecular complexity index is 895. The number of aromatic amines is 1. The Morgan fingerprint density at radius 2 is 2.00 bits per heavy atom. The van der Waals surface area contributed by atoms with Crippen molar-refractivity contribution in [2.45, 2.75) is 64.2 Å². The molecule has 3 heterocycles. The van der Waals surface area contributed by atoms with E-state index in [4.69, 9.17) is 4.74 Å². The molecule has 2 saturated heterocycles. The summed E-state index contributed by atoms with van der Waals surface area (Å²) in [5.41, 5.74) is 2.17. The van der Waals surface area contributed by atoms with E-state index in [2.05, 4.69) is 9.88 Å². The number of esters is 1. The molecule has 2 N–H and O–H groups in total. The number of hydrogen-bond donors (Lipinski definition) is 2. The molecule has 2 bridgehead atoms. The molecule has 0 saturated carbocycles. The highest BCUT2D eigenvalue weighted by atomic mass is 16.5. The van der Waals surface area contributed by atoms with Gasteiger partial charge in [0.25, 0.3) is 0 Å². The second kappa shape index (κ2) is 8.06. The number of nitrogens with one attached hydrogen (secondary N) is 1. The number of piperidine rings is 1. The van der Waals surface area contributed by atoms with Crippen LogP contribution in [-0.4, -0.2) is 63.0 Å². The van der Waals surface area contributed by atoms with Crippen LogP contribution >= 0.6 is 0 Å². The van der Waals surface area contributed by atoms with Crippen molar-refractivity contribution in [3.63, 3.8) is 0 Å². The lowest BCUT2D eigenvalue weighted by atomic mass is 9.95. The van der Waals surface area contributed by atoms with E-state index < -0.39 is 0 Å². The number of aromatic nitrogens is 1. The zero-order valence-corrected chi connectivity index (χ0v) is 17.1. The minimum atomic E-state index is -0.334. The summed E-state index contributed by atoms with van der Waals surface area (Å²) in [5.74, 6) is -0.135. The third-order valence-corrected chi connectivity index (χ3v) is 6.41. The lowest BCUT2D eigenvalue weighted by Gasteiger charge is -2.42. The molecule has 2 fully saturated rings. The fraction of sp³-hybridized carbons (Fsp3) is 0.545. The van der Waals surface area contributed by atoms with Crippen LogP contribution in [0.2, 0.25) is 0 Å². The van der Waals surface area contributed by atoms with Gasteiger partial charge in [-0.05, 0) is 50.3 Å². The van der Waals surface area contributed by atoms with Crippen molar-refractivity contribution in [3.05, 3.63) is 30.0 Å². The third kappa shape index (κ3) is 3.96. The molecule has 7 heteroatoms. The summed E-state index contributed by atoms with van der Waals surface area (Å²) in [5, 5.41) is 10.8. The smallest absolute Gasteiger partial charge is 0.325 e. The molecule has 1 aromatic heterocycles. The molecule has 1 amide bonds. The zero-order valence-electron chi connectivity index (χ0n) is 17.1. The summed E-state index contributed by atoms with van der Waals surface area (Å²) in [7, 11) is 0. The van der Waals surface area contributed by atoms with Gasteiger partial charge in [0.15, 0.2) is 0 Å². The summed E-state index contributed by atoms with van der Waals surface area (Å²) >= 11 is 0. The van der Waals surface area contributed by atoms with Crippen molar-refractivity contribution in [1.82, 2.24) is 14.8 Å². The average molecular weight is 399 g/mol. The first-order valence-electron chi connectivity index (χ1n) is 10.4. The molecule has 7 nitrogen and oxygen atoms in total. The van der Waals surface area contributed by atoms with Crippen LogP contribution in [0.3, 0.4) is 0 Å². The van der Waals surface area contributed by atoms with E-state index in [1.807, 2.05) is 12.3 Å². The molecule has 0 aliphatic carbocycles. The number of benzene rings is 1. The van der Waals surface area contributed by atoms with Crippen molar-refractivity contribution < 1.29 is 19.4 Å². The van der Waals surface area contributed by atoms with E-state index in [9.17, 15) is 14.7 Å². The number of H-pyrrole nitrogens is 1. The topological polar surface area (TPSA) is 85.9 Å². The average Bonchev–Trinajstić information content (AvgIpc) is 3.16. The molecule has 0 unspecified atom stereocenters. The number of phenolic OH excluding ortho intramolecular Hbond substituents is 1. The lowest BCUT2D eigenvalue weighted by Crippen LogP contribution is -2.52. The molecule has 3 atom stereocenters. The van der Waals surface area contributed by atoms with Crippen LogP contribution < -0.4 is 0 Å². The van der Waals surface area contributed by atoms with Crippen molar-refractivity contribution in [1.29, 1.82) is 0 Å². The van der Waals surface area contributed by atoms with Gasteiger partial charge in [-0.25, -0.2) is 0 Å². The Morgan fingerprint density at radius 1 is 1.28 bits per heavy atom. The number of carbonyl (C=O) groups excluding carboxylic acids is 2. The van der Waals surface area contributed by atoms with Gasteiger partial charge in [-0.3, -0.25) is 14.5 Å². The fourth-order valence-electron chi connectivity index (χ4n) is 5.10. The molecule has 4 rings (SSSR count). The van der Waals surface area contributed by atoms with Gasteiger partial charge in [0, 0.05) is 54.8 Å². The van der Waals surface area contributed by atoms with Gasteiger partial charge in [-0.15, -0.1) is 0 Å². The summed E-state index contributed by atoms with van der Waals surface area (Å²) in [6.45, 7) is 4.54. The number of amides is 1. The molecule has 156 valence electrons. The van der Waals surface area contributed by atoms with E-state index in [-0.39, 0.29) is 30.2 Å². The first-order chi connectivity index (χ1) is 14.0. The van der Waals surface area contributed by atoms with Crippen LogP contribution in [0.25, 0.3) is 10.9 Å². The molecule has 2 aliphatic rings. The molecule has 0 radical (unpaired) electrons. The van der Waals surface area contributed by atoms with Crippen LogP contribution in [0, 0.1) is 0 Å². The quantitative estimate of drug-likeness (QED) is 0.730. The number of nitrogens with zero attached hydrogens (tertiary/aromatic N) is 2. The highest BCUT2D eigenvalue weighted by Gasteiger charge is 2.43. The number of aromatic hydroxyl groups is 1. The van der Waals surface area contributed by atoms with Crippen molar-refractivity contribution in [2.24, 2.45) is 0 Å². The molecule has 29 heavy (non-hydrogen) atoms. The molecule has 0 spiro atoms. The summed E-state index contributed by atoms with van der Waals surface area (Å²) in [6, 6.07) is 6.34. The van der Waals surface area contributed by atoms with Gasteiger partial charge >= 0.3 is 5.97 Å². The largest absolute Gasteiger partial charge is 0.508 e. The van der Waals surface area contributed by atoms with Crippen molar-refractivity contribution in [3.8, 4) is 5.75 Å². The molecular formula is C22H29N3O4. The van der Waals surface area contributed by atoms with E-state index >= 15 is 0 Å². The highest BCUT2D eigenvalue weighted by Crippen LogP contribution is 2.39. The second-order valence-corrected chi connectivity index (χ2v) is 8.18. The molecule has 2 aromatic rings. The molecule has 2 aliphatic heterocycles. The van der Waals surface area contributed by atoms with Crippen molar-refractivity contribution >= 4 is 22.8 Å². The van der Waals surface area contributed by atoms with Gasteiger partial charge in [-0.1, -0.05) is 0 Å². The number of carbonyl (C=O) groups is 2. The Hall–Kier alpha value is -2.54. The minimum Gasteiger partial charge on any atom is -0.508 e. The number of hydrogen-bond acceptors (Lipinski definition) is 5. The summed E-state index contributed by atoms with van der Waals surface area (Å²) in [6.07, 6.45) is 6.04. The monoisotopic (exact) mass is 399 g/mol. The Kier molecular flexibility index (Phi) is 5.50. The van der Waals surface area contributed by atoms with E-state index in [0.29, 0.717) is 18.7 Å². The van der Waals surface area contributed by atoms with Crippen LogP contribution in [-0.2, 0) is 20.9 Å². The number of fused-ring (bicyclic) bond motifs is 3. The van der Waals surface area contributed by atoms with Gasteiger partial charge in [0.2, 0.25) is 5.91 Å². The predicted molar refractivity (Wildman–Crippen MR) is 109 cm³/mol. The summed E-state index contributed by atoms with van der Waals surface area (Å²) in [4.78, 5) is 31.7. The second-order valence-electron chi connectivity index (χ2n) is 8.18. The van der Waals surface area contributed by atoms with E-state index in [0.717, 1.165) is 43.1 Å². The Balaban J connectivity index is 1.47. The van der Waals surface area contributed by atoms with Crippen LogP contribution in [0.1, 0.15) is 45.1 Å². The van der Waals surface area contributed by atoms with Crippen LogP contribution in [0.5, 0.6) is 5.75 Å². The maximum Gasteiger partial charge on any atom is 0.325 e. The molecular weight excluding hydrogens is 370 g/mol. The third-order valence-electron chi connectivity index (χ3n) is 6.41.